The van der Waals surface area contributed by atoms with Crippen molar-refractivity contribution in [1.29, 1.82) is 0 Å². The van der Waals surface area contributed by atoms with Crippen molar-refractivity contribution in [3.05, 3.63) is 63.6 Å². The molecule has 1 heterocycles. The van der Waals surface area contributed by atoms with E-state index in [1.807, 2.05) is 12.1 Å². The number of nitrogens with zero attached hydrogens (tertiary/aromatic N) is 1. The largest absolute Gasteiger partial charge is 0.435 e. The standard InChI is InChI=1S/C20H17BrCl2F3NOS/c1-18(2,11-21)29-16-5-3-12(4-6-16)17-10-19(28-27-17,20(24,25)26)13-7-14(22)9-15(23)8-13/h3-9H,10-11H2,1-2H3. The van der Waals surface area contributed by atoms with Gasteiger partial charge in [-0.2, -0.15) is 13.2 Å². The predicted molar refractivity (Wildman–Crippen MR) is 117 cm³/mol. The highest BCUT2D eigenvalue weighted by Gasteiger charge is 2.62. The lowest BCUT2D eigenvalue weighted by atomic mass is 9.86. The van der Waals surface area contributed by atoms with E-state index in [-0.39, 0.29) is 26.1 Å². The molecule has 0 amide bonds. The third-order valence-electron chi connectivity index (χ3n) is 4.42. The van der Waals surface area contributed by atoms with Crippen molar-refractivity contribution >= 4 is 56.6 Å². The maximum atomic E-state index is 14.1. The lowest BCUT2D eigenvalue weighted by Crippen LogP contribution is -2.42. The van der Waals surface area contributed by atoms with Gasteiger partial charge in [-0.1, -0.05) is 56.4 Å². The van der Waals surface area contributed by atoms with Crippen LogP contribution in [0.4, 0.5) is 13.2 Å². The molecule has 0 aromatic heterocycles. The summed E-state index contributed by atoms with van der Waals surface area (Å²) < 4.78 is 42.1. The molecular formula is C20H17BrCl2F3NOS. The Labute approximate surface area is 189 Å². The van der Waals surface area contributed by atoms with Crippen molar-refractivity contribution in [2.24, 2.45) is 5.16 Å². The van der Waals surface area contributed by atoms with Crippen LogP contribution >= 0.6 is 50.9 Å². The SMILES string of the molecule is CC(C)(CBr)Sc1ccc(C2=NOC(c3cc(Cl)cc(Cl)c3)(C(F)(F)F)C2)cc1. The molecule has 1 unspecified atom stereocenters. The van der Waals surface area contributed by atoms with E-state index >= 15 is 0 Å². The molecule has 2 nitrogen and oxygen atoms in total. The highest BCUT2D eigenvalue weighted by molar-refractivity contribution is 9.09. The molecule has 2 aromatic rings. The summed E-state index contributed by atoms with van der Waals surface area (Å²) in [6, 6.07) is 11.0. The minimum atomic E-state index is -4.71. The number of rotatable bonds is 5. The number of halogens is 6. The van der Waals surface area contributed by atoms with Gasteiger partial charge in [0.2, 0.25) is 0 Å². The number of benzene rings is 2. The van der Waals surface area contributed by atoms with Crippen molar-refractivity contribution in [2.75, 3.05) is 5.33 Å². The van der Waals surface area contributed by atoms with Gasteiger partial charge in [0.1, 0.15) is 0 Å². The molecule has 0 bridgehead atoms. The molecule has 0 N–H and O–H groups in total. The van der Waals surface area contributed by atoms with Crippen molar-refractivity contribution in [1.82, 2.24) is 0 Å². The van der Waals surface area contributed by atoms with Gasteiger partial charge in [-0.05, 0) is 49.7 Å². The van der Waals surface area contributed by atoms with E-state index in [1.54, 1.807) is 23.9 Å². The van der Waals surface area contributed by atoms with E-state index in [2.05, 4.69) is 34.9 Å². The molecular weight excluding hydrogens is 510 g/mol. The van der Waals surface area contributed by atoms with Crippen molar-refractivity contribution in [3.63, 3.8) is 0 Å². The Morgan fingerprint density at radius 1 is 1.10 bits per heavy atom. The first-order valence-corrected chi connectivity index (χ1v) is 11.3. The van der Waals surface area contributed by atoms with Crippen LogP contribution in [-0.4, -0.2) is 22.0 Å². The van der Waals surface area contributed by atoms with E-state index in [1.165, 1.54) is 18.2 Å². The molecule has 3 rings (SSSR count). The van der Waals surface area contributed by atoms with Gasteiger partial charge in [-0.15, -0.1) is 11.8 Å². The lowest BCUT2D eigenvalue weighted by Gasteiger charge is -2.29. The maximum Gasteiger partial charge on any atom is 0.435 e. The summed E-state index contributed by atoms with van der Waals surface area (Å²) in [6.07, 6.45) is -5.17. The molecule has 0 fully saturated rings. The van der Waals surface area contributed by atoms with Gasteiger partial charge in [0, 0.05) is 37.0 Å². The zero-order valence-corrected chi connectivity index (χ0v) is 19.4. The highest BCUT2D eigenvalue weighted by Crippen LogP contribution is 2.49. The molecule has 1 atom stereocenters. The van der Waals surface area contributed by atoms with Crippen molar-refractivity contribution in [3.8, 4) is 0 Å². The van der Waals surface area contributed by atoms with Crippen LogP contribution in [0, 0.1) is 0 Å². The Morgan fingerprint density at radius 3 is 2.21 bits per heavy atom. The van der Waals surface area contributed by atoms with Gasteiger partial charge in [-0.3, -0.25) is 0 Å². The normalized spacial score (nSPS) is 19.8. The lowest BCUT2D eigenvalue weighted by molar-refractivity contribution is -0.275. The second kappa shape index (κ2) is 8.33. The molecule has 1 aliphatic heterocycles. The molecule has 0 radical (unpaired) electrons. The number of thioether (sulfide) groups is 1. The topological polar surface area (TPSA) is 21.6 Å². The third kappa shape index (κ3) is 4.89. The number of hydrogen-bond donors (Lipinski definition) is 0. The van der Waals surface area contributed by atoms with E-state index in [0.717, 1.165) is 10.2 Å². The summed E-state index contributed by atoms with van der Waals surface area (Å²) in [5, 5.41) is 4.79. The van der Waals surface area contributed by atoms with Gasteiger partial charge in [0.15, 0.2) is 0 Å². The third-order valence-corrected chi connectivity index (χ3v) is 7.83. The van der Waals surface area contributed by atoms with E-state index in [0.29, 0.717) is 5.56 Å². The maximum absolute atomic E-state index is 14.1. The molecule has 0 saturated carbocycles. The molecule has 0 saturated heterocycles. The zero-order chi connectivity index (χ0) is 21.4. The second-order valence-electron chi connectivity index (χ2n) is 7.31. The molecule has 0 aliphatic carbocycles. The van der Waals surface area contributed by atoms with Crippen LogP contribution in [0.25, 0.3) is 0 Å². The first-order valence-electron chi connectivity index (χ1n) is 8.59. The van der Waals surface area contributed by atoms with Crippen LogP contribution in [0.1, 0.15) is 31.4 Å². The summed E-state index contributed by atoms with van der Waals surface area (Å²) in [5.41, 5.74) is -2.00. The molecule has 2 aromatic carbocycles. The average molecular weight is 527 g/mol. The Morgan fingerprint density at radius 2 is 1.69 bits per heavy atom. The summed E-state index contributed by atoms with van der Waals surface area (Å²) in [7, 11) is 0. The Kier molecular flexibility index (Phi) is 6.54. The van der Waals surface area contributed by atoms with Crippen molar-refractivity contribution in [2.45, 2.75) is 41.7 Å². The highest BCUT2D eigenvalue weighted by atomic mass is 79.9. The average Bonchev–Trinajstić information content (AvgIpc) is 3.08. The van der Waals surface area contributed by atoms with Crippen molar-refractivity contribution < 1.29 is 18.0 Å². The summed E-state index contributed by atoms with van der Waals surface area (Å²) in [6.45, 7) is 4.20. The van der Waals surface area contributed by atoms with Crippen LogP contribution < -0.4 is 0 Å². The quantitative estimate of drug-likeness (QED) is 0.292. The monoisotopic (exact) mass is 525 g/mol. The first kappa shape index (κ1) is 22.8. The second-order valence-corrected chi connectivity index (χ2v) is 10.5. The fraction of sp³-hybridized carbons (Fsp3) is 0.350. The van der Waals surface area contributed by atoms with Gasteiger partial charge >= 0.3 is 6.18 Å². The Bertz CT molecular complexity index is 914. The van der Waals surface area contributed by atoms with Crippen LogP contribution in [0.15, 0.2) is 52.5 Å². The molecule has 0 spiro atoms. The predicted octanol–water partition coefficient (Wildman–Crippen LogP) is 7.84. The fourth-order valence-corrected chi connectivity index (χ4v) is 4.74. The smallest absolute Gasteiger partial charge is 0.374 e. The molecule has 1 aliphatic rings. The van der Waals surface area contributed by atoms with Crippen LogP contribution in [0.3, 0.4) is 0 Å². The minimum absolute atomic E-state index is 0.00715. The number of hydrogen-bond acceptors (Lipinski definition) is 3. The van der Waals surface area contributed by atoms with E-state index < -0.39 is 18.2 Å². The summed E-state index contributed by atoms with van der Waals surface area (Å²) in [5.74, 6) is 0. The number of oxime groups is 1. The van der Waals surface area contributed by atoms with Crippen LogP contribution in [0.2, 0.25) is 10.0 Å². The first-order chi connectivity index (χ1) is 13.5. The zero-order valence-electron chi connectivity index (χ0n) is 15.5. The Balaban J connectivity index is 1.89. The molecule has 29 heavy (non-hydrogen) atoms. The van der Waals surface area contributed by atoms with Crippen LogP contribution in [0.5, 0.6) is 0 Å². The van der Waals surface area contributed by atoms with Gasteiger partial charge in [0.05, 0.1) is 5.71 Å². The summed E-state index contributed by atoms with van der Waals surface area (Å²) >= 11 is 17.0. The van der Waals surface area contributed by atoms with Gasteiger partial charge in [-0.25, -0.2) is 0 Å². The Hall–Kier alpha value is -0.890. The van der Waals surface area contributed by atoms with Gasteiger partial charge < -0.3 is 4.84 Å². The van der Waals surface area contributed by atoms with E-state index in [9.17, 15) is 13.2 Å². The summed E-state index contributed by atoms with van der Waals surface area (Å²) in [4.78, 5) is 6.05. The van der Waals surface area contributed by atoms with Gasteiger partial charge in [0.25, 0.3) is 5.60 Å². The van der Waals surface area contributed by atoms with E-state index in [4.69, 9.17) is 28.0 Å². The van der Waals surface area contributed by atoms with Crippen LogP contribution in [-0.2, 0) is 10.4 Å². The minimum Gasteiger partial charge on any atom is -0.374 e. The molecule has 9 heteroatoms. The number of alkyl halides is 4. The molecule has 156 valence electrons. The fourth-order valence-electron chi connectivity index (χ4n) is 2.91.